The highest BCUT2D eigenvalue weighted by atomic mass is 32.1. The first-order valence-electron chi connectivity index (χ1n) is 11.6. The van der Waals surface area contributed by atoms with Gasteiger partial charge in [0.25, 0.3) is 0 Å². The second kappa shape index (κ2) is 7.86. The van der Waals surface area contributed by atoms with Gasteiger partial charge in [0.15, 0.2) is 0 Å². The third-order valence-corrected chi connectivity index (χ3v) is 7.40. The van der Waals surface area contributed by atoms with Crippen LogP contribution in [0.15, 0.2) is 79.0 Å². The zero-order chi connectivity index (χ0) is 23.4. The Morgan fingerprint density at radius 3 is 2.31 bits per heavy atom. The highest BCUT2D eigenvalue weighted by Gasteiger charge is 2.15. The molecule has 0 atom stereocenters. The van der Waals surface area contributed by atoms with Crippen molar-refractivity contribution in [3.63, 3.8) is 0 Å². The van der Waals surface area contributed by atoms with Crippen molar-refractivity contribution < 1.29 is 1.37 Å². The van der Waals surface area contributed by atoms with Gasteiger partial charge in [-0.25, -0.2) is 0 Å². The van der Waals surface area contributed by atoms with Gasteiger partial charge >= 0.3 is 0 Å². The number of hydrogen-bond donors (Lipinski definition) is 0. The van der Waals surface area contributed by atoms with Crippen molar-refractivity contribution in [3.05, 3.63) is 90.1 Å². The molecule has 160 valence electrons. The van der Waals surface area contributed by atoms with Crippen molar-refractivity contribution in [2.24, 2.45) is 0 Å². The molecule has 0 saturated carbocycles. The topological polar surface area (TPSA) is 12.9 Å². The summed E-state index contributed by atoms with van der Waals surface area (Å²) in [6.45, 7) is 10.6. The van der Waals surface area contributed by atoms with Gasteiger partial charge in [-0.15, -0.1) is 11.3 Å². The molecule has 3 aromatic carbocycles. The highest BCUT2D eigenvalue weighted by molar-refractivity contribution is 7.26. The Hall–Kier alpha value is -2.97. The number of pyridine rings is 1. The second-order valence-corrected chi connectivity index (χ2v) is 10.8. The highest BCUT2D eigenvalue weighted by Crippen LogP contribution is 2.41. The fraction of sp³-hybridized carbons (Fsp3) is 0.233. The molecule has 32 heavy (non-hydrogen) atoms. The summed E-state index contributed by atoms with van der Waals surface area (Å²) in [6, 6.07) is 26.2. The first kappa shape index (κ1) is 19.7. The zero-order valence-corrected chi connectivity index (χ0v) is 20.2. The number of nitrogens with zero attached hydrogens (tertiary/aromatic N) is 1. The molecule has 0 fully saturated rings. The second-order valence-electron chi connectivity index (χ2n) is 9.75. The van der Waals surface area contributed by atoms with E-state index in [4.69, 9.17) is 1.37 Å². The van der Waals surface area contributed by atoms with Crippen molar-refractivity contribution in [2.45, 2.75) is 45.9 Å². The van der Waals surface area contributed by atoms with E-state index in [2.05, 4.69) is 92.5 Å². The van der Waals surface area contributed by atoms with E-state index in [1.165, 1.54) is 36.9 Å². The molecule has 0 aliphatic heterocycles. The Bertz CT molecular complexity index is 1460. The average Bonchev–Trinajstić information content (AvgIpc) is 3.16. The van der Waals surface area contributed by atoms with Crippen molar-refractivity contribution in [3.8, 4) is 22.4 Å². The number of fused-ring (bicyclic) bond motifs is 3. The molecule has 1 nitrogen and oxygen atoms in total. The summed E-state index contributed by atoms with van der Waals surface area (Å²) in [6.07, 6.45) is 1.83. The van der Waals surface area contributed by atoms with E-state index < -0.39 is 5.89 Å². The molecule has 0 amide bonds. The lowest BCUT2D eigenvalue weighted by atomic mass is 9.86. The van der Waals surface area contributed by atoms with Gasteiger partial charge in [0.2, 0.25) is 0 Å². The third-order valence-electron chi connectivity index (χ3n) is 6.20. The Kier molecular flexibility index (Phi) is 4.84. The molecule has 0 aliphatic rings. The molecule has 0 aliphatic carbocycles. The van der Waals surface area contributed by atoms with E-state index in [-0.39, 0.29) is 5.41 Å². The fourth-order valence-electron chi connectivity index (χ4n) is 4.23. The molecule has 2 heterocycles. The van der Waals surface area contributed by atoms with Gasteiger partial charge < -0.3 is 0 Å². The maximum Gasteiger partial charge on any atom is 0.0719 e. The van der Waals surface area contributed by atoms with Crippen LogP contribution in [0.2, 0.25) is 0 Å². The lowest BCUT2D eigenvalue weighted by Gasteiger charge is -2.19. The van der Waals surface area contributed by atoms with Crippen LogP contribution in [0.5, 0.6) is 0 Å². The van der Waals surface area contributed by atoms with Crippen molar-refractivity contribution >= 4 is 31.5 Å². The summed E-state index contributed by atoms with van der Waals surface area (Å²) in [4.78, 5) is 4.66. The van der Waals surface area contributed by atoms with Crippen LogP contribution >= 0.6 is 11.3 Å². The molecule has 0 N–H and O–H groups in total. The van der Waals surface area contributed by atoms with Gasteiger partial charge in [0, 0.05) is 33.3 Å². The summed E-state index contributed by atoms with van der Waals surface area (Å²) in [7, 11) is 0. The lowest BCUT2D eigenvalue weighted by Crippen LogP contribution is -2.10. The zero-order valence-electron chi connectivity index (χ0n) is 20.4. The van der Waals surface area contributed by atoms with Crippen LogP contribution in [0.25, 0.3) is 42.6 Å². The Morgan fingerprint density at radius 1 is 0.844 bits per heavy atom. The smallest absolute Gasteiger partial charge is 0.0719 e. The number of hydrogen-bond acceptors (Lipinski definition) is 2. The average molecular weight is 437 g/mol. The van der Waals surface area contributed by atoms with E-state index in [1.54, 1.807) is 0 Å². The third kappa shape index (κ3) is 3.73. The van der Waals surface area contributed by atoms with Crippen LogP contribution in [0.3, 0.4) is 0 Å². The van der Waals surface area contributed by atoms with Crippen molar-refractivity contribution in [1.82, 2.24) is 4.98 Å². The van der Waals surface area contributed by atoms with Crippen LogP contribution in [0.4, 0.5) is 0 Å². The number of thiophene rings is 1. The van der Waals surface area contributed by atoms with Gasteiger partial charge in [-0.3, -0.25) is 4.98 Å². The monoisotopic (exact) mass is 436 g/mol. The standard InChI is InChI=1S/C30H29NS/c1-19(2)21-15-16-31-27(17-21)26-8-6-7-25-24-14-11-22(18-28(24)32-29(25)26)20-9-12-23(13-10-20)30(3,4)5/h6-19H,1-5H3/i19D. The van der Waals surface area contributed by atoms with E-state index in [9.17, 15) is 0 Å². The predicted octanol–water partition coefficient (Wildman–Crippen LogP) is 9.20. The first-order valence-corrected chi connectivity index (χ1v) is 12.0. The largest absolute Gasteiger partial charge is 0.256 e. The minimum Gasteiger partial charge on any atom is -0.256 e. The minimum atomic E-state index is -0.650. The molecule has 0 unspecified atom stereocenters. The van der Waals surface area contributed by atoms with Gasteiger partial charge in [0.1, 0.15) is 0 Å². The number of rotatable bonds is 3. The van der Waals surface area contributed by atoms with E-state index in [1.807, 2.05) is 37.4 Å². The van der Waals surface area contributed by atoms with Crippen LogP contribution in [0.1, 0.15) is 53.0 Å². The molecule has 0 radical (unpaired) electrons. The van der Waals surface area contributed by atoms with Crippen LogP contribution in [-0.4, -0.2) is 4.98 Å². The van der Waals surface area contributed by atoms with Crippen LogP contribution < -0.4 is 0 Å². The van der Waals surface area contributed by atoms with Crippen molar-refractivity contribution in [1.29, 1.82) is 0 Å². The predicted molar refractivity (Wildman–Crippen MR) is 141 cm³/mol. The van der Waals surface area contributed by atoms with E-state index in [0.29, 0.717) is 0 Å². The normalized spacial score (nSPS) is 13.0. The van der Waals surface area contributed by atoms with E-state index in [0.717, 1.165) is 16.8 Å². The molecule has 0 spiro atoms. The Morgan fingerprint density at radius 2 is 1.59 bits per heavy atom. The number of benzene rings is 3. The molecule has 5 rings (SSSR count). The molecule has 0 bridgehead atoms. The van der Waals surface area contributed by atoms with Gasteiger partial charge in [0.05, 0.1) is 5.69 Å². The van der Waals surface area contributed by atoms with Crippen LogP contribution in [0, 0.1) is 0 Å². The minimum absolute atomic E-state index is 0.158. The van der Waals surface area contributed by atoms with Gasteiger partial charge in [-0.1, -0.05) is 89.2 Å². The Labute approximate surface area is 196 Å². The molecule has 5 aromatic rings. The molecule has 0 saturated heterocycles. The molecular weight excluding hydrogens is 406 g/mol. The lowest BCUT2D eigenvalue weighted by molar-refractivity contribution is 0.590. The van der Waals surface area contributed by atoms with Gasteiger partial charge in [-0.2, -0.15) is 0 Å². The van der Waals surface area contributed by atoms with Crippen LogP contribution in [-0.2, 0) is 5.41 Å². The summed E-state index contributed by atoms with van der Waals surface area (Å²) >= 11 is 1.83. The molecule has 2 aromatic heterocycles. The number of aromatic nitrogens is 1. The van der Waals surface area contributed by atoms with Gasteiger partial charge in [-0.05, 0) is 51.8 Å². The van der Waals surface area contributed by atoms with Crippen molar-refractivity contribution in [2.75, 3.05) is 0 Å². The molecular formula is C30H29NS. The SMILES string of the molecule is [2H]C(C)(C)c1ccnc(-c2cccc3c2sc2cc(-c4ccc(C(C)(C)C)cc4)ccc23)c1. The Balaban J connectivity index is 1.62. The van der Waals surface area contributed by atoms with E-state index >= 15 is 0 Å². The summed E-state index contributed by atoms with van der Waals surface area (Å²) < 4.78 is 10.9. The fourth-order valence-corrected chi connectivity index (χ4v) is 5.50. The summed E-state index contributed by atoms with van der Waals surface area (Å²) in [5.74, 6) is -0.650. The maximum atomic E-state index is 8.41. The molecule has 2 heteroatoms. The maximum absolute atomic E-state index is 8.41. The quantitative estimate of drug-likeness (QED) is 0.275. The summed E-state index contributed by atoms with van der Waals surface area (Å²) in [5.41, 5.74) is 7.04. The summed E-state index contributed by atoms with van der Waals surface area (Å²) in [5, 5.41) is 2.54. The first-order chi connectivity index (χ1) is 15.6.